The fourth-order valence-corrected chi connectivity index (χ4v) is 1.50. The summed E-state index contributed by atoms with van der Waals surface area (Å²) < 4.78 is 10.6. The van der Waals surface area contributed by atoms with Crippen molar-refractivity contribution in [3.63, 3.8) is 0 Å². The Bertz CT molecular complexity index is 303. The Morgan fingerprint density at radius 3 is 2.62 bits per heavy atom. The summed E-state index contributed by atoms with van der Waals surface area (Å²) in [6.07, 6.45) is -1.08. The zero-order valence-electron chi connectivity index (χ0n) is 10.2. The van der Waals surface area contributed by atoms with Crippen molar-refractivity contribution in [1.82, 2.24) is 4.90 Å². The molecular weight excluding hydrogens is 208 g/mol. The second kappa shape index (κ2) is 4.71. The Balaban J connectivity index is 2.59. The topological polar surface area (TPSA) is 62.6 Å². The van der Waals surface area contributed by atoms with Crippen molar-refractivity contribution in [1.29, 1.82) is 5.26 Å². The largest absolute Gasteiger partial charge is 0.444 e. The molecule has 1 saturated heterocycles. The summed E-state index contributed by atoms with van der Waals surface area (Å²) in [5.41, 5.74) is -0.513. The zero-order valence-corrected chi connectivity index (χ0v) is 10.2. The minimum absolute atomic E-state index is 0.133. The number of nitrogens with zero attached hydrogens (tertiary/aromatic N) is 2. The lowest BCUT2D eigenvalue weighted by atomic mass is 10.2. The second-order valence-corrected chi connectivity index (χ2v) is 4.95. The van der Waals surface area contributed by atoms with Crippen molar-refractivity contribution in [3.8, 4) is 6.07 Å². The fraction of sp³-hybridized carbons (Fsp3) is 0.818. The molecule has 1 heterocycles. The monoisotopic (exact) mass is 226 g/mol. The van der Waals surface area contributed by atoms with Crippen LogP contribution in [0.25, 0.3) is 0 Å². The van der Waals surface area contributed by atoms with Gasteiger partial charge in [-0.2, -0.15) is 5.26 Å². The van der Waals surface area contributed by atoms with Crippen LogP contribution in [-0.4, -0.2) is 41.9 Å². The highest BCUT2D eigenvalue weighted by molar-refractivity contribution is 5.68. The van der Waals surface area contributed by atoms with Gasteiger partial charge in [0.1, 0.15) is 5.60 Å². The number of hydrogen-bond donors (Lipinski definition) is 0. The van der Waals surface area contributed by atoms with Gasteiger partial charge in [0.2, 0.25) is 0 Å². The van der Waals surface area contributed by atoms with Crippen LogP contribution in [0.5, 0.6) is 0 Å². The molecule has 0 N–H and O–H groups in total. The summed E-state index contributed by atoms with van der Waals surface area (Å²) in [5, 5.41) is 8.79. The first-order valence-electron chi connectivity index (χ1n) is 5.35. The van der Waals surface area contributed by atoms with E-state index in [4.69, 9.17) is 14.7 Å². The number of carbonyl (C=O) groups is 1. The van der Waals surface area contributed by atoms with E-state index in [1.165, 1.54) is 4.90 Å². The molecule has 0 spiro atoms. The van der Waals surface area contributed by atoms with Crippen LogP contribution in [0.4, 0.5) is 4.79 Å². The first-order valence-corrected chi connectivity index (χ1v) is 5.35. The molecule has 0 aromatic rings. The molecule has 1 amide bonds. The minimum atomic E-state index is -0.559. The quantitative estimate of drug-likeness (QED) is 0.628. The van der Waals surface area contributed by atoms with Gasteiger partial charge in [0.05, 0.1) is 25.3 Å². The number of morpholine rings is 1. The smallest absolute Gasteiger partial charge is 0.410 e. The predicted molar refractivity (Wildman–Crippen MR) is 57.8 cm³/mol. The molecule has 0 radical (unpaired) electrons. The van der Waals surface area contributed by atoms with E-state index in [0.29, 0.717) is 6.54 Å². The molecule has 5 heteroatoms. The van der Waals surface area contributed by atoms with Crippen LogP contribution in [0.15, 0.2) is 0 Å². The van der Waals surface area contributed by atoms with Gasteiger partial charge in [-0.25, -0.2) is 4.79 Å². The summed E-state index contributed by atoms with van der Waals surface area (Å²) in [5.74, 6) is 0. The van der Waals surface area contributed by atoms with Crippen molar-refractivity contribution in [3.05, 3.63) is 0 Å². The number of ether oxygens (including phenoxy) is 2. The van der Waals surface area contributed by atoms with Crippen LogP contribution in [-0.2, 0) is 9.47 Å². The fourth-order valence-electron chi connectivity index (χ4n) is 1.50. The number of nitriles is 1. The molecule has 0 aromatic carbocycles. The molecule has 5 nitrogen and oxygen atoms in total. The number of hydrogen-bond acceptors (Lipinski definition) is 4. The first kappa shape index (κ1) is 12.8. The summed E-state index contributed by atoms with van der Waals surface area (Å²) in [6.45, 7) is 8.02. The summed E-state index contributed by atoms with van der Waals surface area (Å²) >= 11 is 0. The molecule has 0 saturated carbocycles. The molecule has 90 valence electrons. The van der Waals surface area contributed by atoms with E-state index in [9.17, 15) is 4.79 Å². The molecule has 0 bridgehead atoms. The van der Waals surface area contributed by atoms with E-state index in [1.54, 1.807) is 0 Å². The summed E-state index contributed by atoms with van der Waals surface area (Å²) in [7, 11) is 0. The van der Waals surface area contributed by atoms with Crippen LogP contribution >= 0.6 is 0 Å². The van der Waals surface area contributed by atoms with Crippen LogP contribution in [0.3, 0.4) is 0 Å². The van der Waals surface area contributed by atoms with Crippen LogP contribution in [0.1, 0.15) is 27.7 Å². The maximum absolute atomic E-state index is 11.8. The highest BCUT2D eigenvalue weighted by Crippen LogP contribution is 2.15. The summed E-state index contributed by atoms with van der Waals surface area (Å²) in [6, 6.07) is 2.01. The van der Waals surface area contributed by atoms with Gasteiger partial charge in [-0.1, -0.05) is 0 Å². The third-order valence-corrected chi connectivity index (χ3v) is 2.06. The standard InChI is InChI=1S/C11H18N2O3/c1-8-6-13(7-9(5-12)15-8)10(14)16-11(2,3)4/h8-9H,6-7H2,1-4H3/t8-,9?/m1/s1. The van der Waals surface area contributed by atoms with E-state index in [2.05, 4.69) is 0 Å². The van der Waals surface area contributed by atoms with Gasteiger partial charge in [-0.15, -0.1) is 0 Å². The van der Waals surface area contributed by atoms with Gasteiger partial charge in [-0.3, -0.25) is 0 Å². The van der Waals surface area contributed by atoms with Crippen molar-refractivity contribution in [2.45, 2.75) is 45.5 Å². The number of carbonyl (C=O) groups excluding carboxylic acids is 1. The van der Waals surface area contributed by atoms with Gasteiger partial charge >= 0.3 is 6.09 Å². The zero-order chi connectivity index (χ0) is 12.3. The Morgan fingerprint density at radius 2 is 2.12 bits per heavy atom. The first-order chi connectivity index (χ1) is 7.31. The molecule has 16 heavy (non-hydrogen) atoms. The maximum Gasteiger partial charge on any atom is 0.410 e. The maximum atomic E-state index is 11.8. The van der Waals surface area contributed by atoms with Crippen molar-refractivity contribution < 1.29 is 14.3 Å². The Hall–Kier alpha value is -1.28. The van der Waals surface area contributed by atoms with Gasteiger partial charge in [-0.05, 0) is 27.7 Å². The van der Waals surface area contributed by atoms with Gasteiger partial charge < -0.3 is 14.4 Å². The Kier molecular flexibility index (Phi) is 3.76. The molecule has 1 aliphatic heterocycles. The van der Waals surface area contributed by atoms with E-state index >= 15 is 0 Å². The Morgan fingerprint density at radius 1 is 1.50 bits per heavy atom. The molecule has 0 aliphatic carbocycles. The highest BCUT2D eigenvalue weighted by atomic mass is 16.6. The minimum Gasteiger partial charge on any atom is -0.444 e. The average Bonchev–Trinajstić information content (AvgIpc) is 2.14. The van der Waals surface area contributed by atoms with E-state index in [0.717, 1.165) is 0 Å². The van der Waals surface area contributed by atoms with Gasteiger partial charge in [0.25, 0.3) is 0 Å². The van der Waals surface area contributed by atoms with Crippen LogP contribution < -0.4 is 0 Å². The van der Waals surface area contributed by atoms with Crippen LogP contribution in [0, 0.1) is 11.3 Å². The van der Waals surface area contributed by atoms with Crippen molar-refractivity contribution >= 4 is 6.09 Å². The molecule has 1 unspecified atom stereocenters. The lowest BCUT2D eigenvalue weighted by molar-refractivity contribution is -0.0592. The molecule has 1 rings (SSSR count). The molecule has 2 atom stereocenters. The Labute approximate surface area is 95.9 Å². The molecular formula is C11H18N2O3. The van der Waals surface area contributed by atoms with E-state index in [1.807, 2.05) is 33.8 Å². The second-order valence-electron chi connectivity index (χ2n) is 4.95. The normalized spacial score (nSPS) is 26.1. The third kappa shape index (κ3) is 3.70. The third-order valence-electron chi connectivity index (χ3n) is 2.06. The van der Waals surface area contributed by atoms with Crippen molar-refractivity contribution in [2.24, 2.45) is 0 Å². The van der Waals surface area contributed by atoms with E-state index < -0.39 is 11.7 Å². The molecule has 1 aliphatic rings. The molecule has 0 aromatic heterocycles. The number of amides is 1. The van der Waals surface area contributed by atoms with Crippen LogP contribution in [0.2, 0.25) is 0 Å². The van der Waals surface area contributed by atoms with Gasteiger partial charge in [0, 0.05) is 0 Å². The van der Waals surface area contributed by atoms with Gasteiger partial charge in [0.15, 0.2) is 6.10 Å². The lowest BCUT2D eigenvalue weighted by Gasteiger charge is -2.34. The SMILES string of the molecule is C[C@@H]1CN(C(=O)OC(C)(C)C)CC(C#N)O1. The molecule has 1 fully saturated rings. The predicted octanol–water partition coefficient (Wildman–Crippen LogP) is 1.53. The van der Waals surface area contributed by atoms with E-state index in [-0.39, 0.29) is 18.7 Å². The van der Waals surface area contributed by atoms with Crippen molar-refractivity contribution in [2.75, 3.05) is 13.1 Å². The summed E-state index contributed by atoms with van der Waals surface area (Å²) in [4.78, 5) is 13.3. The highest BCUT2D eigenvalue weighted by Gasteiger charge is 2.31. The number of rotatable bonds is 0. The average molecular weight is 226 g/mol. The lowest BCUT2D eigenvalue weighted by Crippen LogP contribution is -2.50.